The maximum atomic E-state index is 13.3. The molecule has 2 atom stereocenters. The van der Waals surface area contributed by atoms with Gasteiger partial charge in [0.2, 0.25) is 0 Å². The Hall–Kier alpha value is -1.94. The Bertz CT molecular complexity index is 685. The van der Waals surface area contributed by atoms with E-state index in [-0.39, 0.29) is 11.2 Å². The van der Waals surface area contributed by atoms with E-state index < -0.39 is 10.8 Å². The fraction of sp³-hybridized carbons (Fsp3) is 0.350. The van der Waals surface area contributed by atoms with Gasteiger partial charge in [0, 0.05) is 7.05 Å². The summed E-state index contributed by atoms with van der Waals surface area (Å²) in [6, 6.07) is 17.2. The van der Waals surface area contributed by atoms with Crippen molar-refractivity contribution in [1.82, 2.24) is 5.32 Å². The van der Waals surface area contributed by atoms with Crippen LogP contribution in [-0.4, -0.2) is 17.2 Å². The standard InChI is InChI=1S/C20H25NO2S/c1-3-4-6-14-18(16-11-7-5-8-12-16)24(23)19-15-10-9-13-17(19)20(22)21-2/h5,7-13,15,18H,3-4,6,14H2,1-2H3,(H,21,22)/t18-,24?/m1/s1. The monoisotopic (exact) mass is 343 g/mol. The molecule has 2 rings (SSSR count). The minimum absolute atomic E-state index is 0.0939. The number of carbonyl (C=O) groups excluding carboxylic acids is 1. The van der Waals surface area contributed by atoms with Crippen LogP contribution in [0.3, 0.4) is 0 Å². The average molecular weight is 343 g/mol. The lowest BCUT2D eigenvalue weighted by Crippen LogP contribution is -2.21. The third-order valence-electron chi connectivity index (χ3n) is 4.08. The fourth-order valence-corrected chi connectivity index (χ4v) is 4.44. The van der Waals surface area contributed by atoms with E-state index in [1.807, 2.05) is 36.4 Å². The summed E-state index contributed by atoms with van der Waals surface area (Å²) in [6.07, 6.45) is 4.14. The molecule has 0 aliphatic carbocycles. The van der Waals surface area contributed by atoms with Gasteiger partial charge >= 0.3 is 0 Å². The van der Waals surface area contributed by atoms with E-state index in [0.29, 0.717) is 10.5 Å². The molecule has 0 spiro atoms. The number of rotatable bonds is 8. The Morgan fingerprint density at radius 3 is 2.38 bits per heavy atom. The molecule has 1 N–H and O–H groups in total. The Morgan fingerprint density at radius 2 is 1.71 bits per heavy atom. The number of hydrogen-bond donors (Lipinski definition) is 1. The maximum absolute atomic E-state index is 13.3. The third kappa shape index (κ3) is 4.54. The number of unbranched alkanes of at least 4 members (excludes halogenated alkanes) is 2. The van der Waals surface area contributed by atoms with Gasteiger partial charge in [-0.05, 0) is 24.1 Å². The predicted molar refractivity (Wildman–Crippen MR) is 99.6 cm³/mol. The number of hydrogen-bond acceptors (Lipinski definition) is 2. The van der Waals surface area contributed by atoms with Gasteiger partial charge in [0.1, 0.15) is 0 Å². The molecule has 0 aliphatic heterocycles. The summed E-state index contributed by atoms with van der Waals surface area (Å²) >= 11 is 0. The molecule has 0 aromatic heterocycles. The first kappa shape index (κ1) is 18.4. The fourth-order valence-electron chi connectivity index (χ4n) is 2.76. The second-order valence-electron chi connectivity index (χ2n) is 5.77. The van der Waals surface area contributed by atoms with Crippen molar-refractivity contribution < 1.29 is 9.00 Å². The van der Waals surface area contributed by atoms with Gasteiger partial charge in [-0.25, -0.2) is 0 Å². The zero-order valence-electron chi connectivity index (χ0n) is 14.3. The average Bonchev–Trinajstić information content (AvgIpc) is 2.65. The van der Waals surface area contributed by atoms with Crippen molar-refractivity contribution >= 4 is 16.7 Å². The molecule has 2 aromatic carbocycles. The molecule has 1 unspecified atom stereocenters. The maximum Gasteiger partial charge on any atom is 0.252 e. The molecule has 2 aromatic rings. The Morgan fingerprint density at radius 1 is 1.04 bits per heavy atom. The zero-order valence-corrected chi connectivity index (χ0v) is 15.1. The van der Waals surface area contributed by atoms with Gasteiger partial charge in [0.25, 0.3) is 5.91 Å². The van der Waals surface area contributed by atoms with Crippen molar-refractivity contribution in [2.45, 2.75) is 42.8 Å². The van der Waals surface area contributed by atoms with Gasteiger partial charge in [0.15, 0.2) is 0 Å². The molecule has 0 aliphatic rings. The van der Waals surface area contributed by atoms with E-state index in [2.05, 4.69) is 12.2 Å². The van der Waals surface area contributed by atoms with E-state index in [1.54, 1.807) is 25.2 Å². The van der Waals surface area contributed by atoms with Gasteiger partial charge in [-0.1, -0.05) is 68.7 Å². The lowest BCUT2D eigenvalue weighted by Gasteiger charge is -2.19. The normalized spacial score (nSPS) is 13.2. The largest absolute Gasteiger partial charge is 0.355 e. The van der Waals surface area contributed by atoms with E-state index in [4.69, 9.17) is 0 Å². The first-order valence-corrected chi connectivity index (χ1v) is 9.67. The molecule has 4 heteroatoms. The van der Waals surface area contributed by atoms with Crippen LogP contribution in [0, 0.1) is 0 Å². The molecular formula is C20H25NO2S. The van der Waals surface area contributed by atoms with Crippen molar-refractivity contribution in [2.75, 3.05) is 7.05 Å². The molecule has 0 radical (unpaired) electrons. The smallest absolute Gasteiger partial charge is 0.252 e. The van der Waals surface area contributed by atoms with Crippen LogP contribution in [0.15, 0.2) is 59.5 Å². The highest BCUT2D eigenvalue weighted by atomic mass is 32.2. The number of carbonyl (C=O) groups is 1. The van der Waals surface area contributed by atoms with Crippen molar-refractivity contribution in [1.29, 1.82) is 0 Å². The van der Waals surface area contributed by atoms with Crippen molar-refractivity contribution in [3.8, 4) is 0 Å². The summed E-state index contributed by atoms with van der Waals surface area (Å²) in [5.74, 6) is -0.195. The summed E-state index contributed by atoms with van der Waals surface area (Å²) in [4.78, 5) is 12.7. The van der Waals surface area contributed by atoms with Gasteiger partial charge in [-0.2, -0.15) is 0 Å². The summed E-state index contributed by atoms with van der Waals surface area (Å²) < 4.78 is 13.3. The Balaban J connectivity index is 2.36. The zero-order chi connectivity index (χ0) is 17.4. The first-order chi connectivity index (χ1) is 11.7. The second-order valence-corrected chi connectivity index (χ2v) is 7.37. The van der Waals surface area contributed by atoms with E-state index in [0.717, 1.165) is 31.2 Å². The lowest BCUT2D eigenvalue weighted by atomic mass is 10.1. The van der Waals surface area contributed by atoms with Crippen LogP contribution < -0.4 is 5.32 Å². The predicted octanol–water partition coefficient (Wildman–Crippen LogP) is 4.48. The quantitative estimate of drug-likeness (QED) is 0.719. The second kappa shape index (κ2) is 9.38. The van der Waals surface area contributed by atoms with Gasteiger partial charge < -0.3 is 5.32 Å². The van der Waals surface area contributed by atoms with E-state index in [1.165, 1.54) is 0 Å². The topological polar surface area (TPSA) is 46.2 Å². The van der Waals surface area contributed by atoms with Crippen LogP contribution >= 0.6 is 0 Å². The highest BCUT2D eigenvalue weighted by molar-refractivity contribution is 7.85. The summed E-state index contributed by atoms with van der Waals surface area (Å²) in [5, 5.41) is 2.54. The molecule has 1 amide bonds. The minimum atomic E-state index is -1.27. The summed E-state index contributed by atoms with van der Waals surface area (Å²) in [6.45, 7) is 2.16. The van der Waals surface area contributed by atoms with Crippen LogP contribution in [0.1, 0.15) is 53.8 Å². The highest BCUT2D eigenvalue weighted by Crippen LogP contribution is 2.31. The highest BCUT2D eigenvalue weighted by Gasteiger charge is 2.23. The first-order valence-electron chi connectivity index (χ1n) is 8.45. The van der Waals surface area contributed by atoms with Crippen molar-refractivity contribution in [3.05, 3.63) is 65.7 Å². The summed E-state index contributed by atoms with van der Waals surface area (Å²) in [5.41, 5.74) is 1.56. The van der Waals surface area contributed by atoms with Gasteiger partial charge in [-0.15, -0.1) is 0 Å². The molecule has 128 valence electrons. The van der Waals surface area contributed by atoms with Crippen LogP contribution in [0.5, 0.6) is 0 Å². The van der Waals surface area contributed by atoms with Crippen molar-refractivity contribution in [2.24, 2.45) is 0 Å². The van der Waals surface area contributed by atoms with Gasteiger partial charge in [-0.3, -0.25) is 9.00 Å². The number of benzene rings is 2. The van der Waals surface area contributed by atoms with Crippen LogP contribution in [0.2, 0.25) is 0 Å². The molecule has 0 saturated carbocycles. The molecule has 0 bridgehead atoms. The molecule has 0 heterocycles. The van der Waals surface area contributed by atoms with E-state index in [9.17, 15) is 9.00 Å². The third-order valence-corrected chi connectivity index (χ3v) is 5.89. The minimum Gasteiger partial charge on any atom is -0.355 e. The molecule has 3 nitrogen and oxygen atoms in total. The number of nitrogens with one attached hydrogen (secondary N) is 1. The Kier molecular flexibility index (Phi) is 7.19. The number of amides is 1. The van der Waals surface area contributed by atoms with Crippen LogP contribution in [-0.2, 0) is 10.8 Å². The molecule has 0 fully saturated rings. The van der Waals surface area contributed by atoms with E-state index >= 15 is 0 Å². The van der Waals surface area contributed by atoms with Gasteiger partial charge in [0.05, 0.1) is 26.5 Å². The SMILES string of the molecule is CCCCC[C@H](c1ccccc1)S(=O)c1ccccc1C(=O)NC. The lowest BCUT2D eigenvalue weighted by molar-refractivity contribution is 0.0960. The molecule has 0 saturated heterocycles. The molecular weight excluding hydrogens is 318 g/mol. The summed E-state index contributed by atoms with van der Waals surface area (Å²) in [7, 11) is 0.325. The van der Waals surface area contributed by atoms with Crippen LogP contribution in [0.4, 0.5) is 0 Å². The van der Waals surface area contributed by atoms with Crippen molar-refractivity contribution in [3.63, 3.8) is 0 Å². The molecule has 24 heavy (non-hydrogen) atoms. The Labute approximate surface area is 146 Å². The van der Waals surface area contributed by atoms with Crippen LogP contribution in [0.25, 0.3) is 0 Å².